The number of nitrogens with zero attached hydrogens (tertiary/aromatic N) is 2. The van der Waals surface area contributed by atoms with E-state index in [9.17, 15) is 27.2 Å². The molecule has 1 aliphatic heterocycles. The van der Waals surface area contributed by atoms with Gasteiger partial charge < -0.3 is 5.73 Å². The second-order valence-electron chi connectivity index (χ2n) is 9.70. The van der Waals surface area contributed by atoms with Gasteiger partial charge in [-0.05, 0) is 44.2 Å². The third-order valence-corrected chi connectivity index (χ3v) is 7.75. The van der Waals surface area contributed by atoms with Crippen molar-refractivity contribution in [2.75, 3.05) is 26.4 Å². The highest BCUT2D eigenvalue weighted by Gasteiger charge is 2.51. The van der Waals surface area contributed by atoms with E-state index in [1.54, 1.807) is 11.8 Å². The van der Waals surface area contributed by atoms with Crippen LogP contribution in [-0.2, 0) is 0 Å². The van der Waals surface area contributed by atoms with Gasteiger partial charge in [0.15, 0.2) is 0 Å². The number of allylic oxidation sites excluding steroid dienone is 1. The van der Waals surface area contributed by atoms with E-state index in [1.807, 2.05) is 0 Å². The fourth-order valence-electron chi connectivity index (χ4n) is 5.56. The van der Waals surface area contributed by atoms with E-state index < -0.39 is 66.2 Å². The first-order chi connectivity index (χ1) is 15.6. The summed E-state index contributed by atoms with van der Waals surface area (Å²) in [5.41, 5.74) is 2.97. The number of hydrogen-bond donors (Lipinski definition) is 2. The first-order valence-corrected chi connectivity index (χ1v) is 11.2. The Labute approximate surface area is 187 Å². The van der Waals surface area contributed by atoms with Crippen molar-refractivity contribution in [2.45, 2.75) is 63.6 Å². The van der Waals surface area contributed by atoms with E-state index in [0.29, 0.717) is 5.69 Å². The Balaban J connectivity index is 1.68. The van der Waals surface area contributed by atoms with Crippen molar-refractivity contribution in [3.05, 3.63) is 37.9 Å². The largest absolute Gasteiger partial charge is 0.328 e. The molecular formula is C22H29F5N4O2. The number of aromatic nitrogens is 2. The Kier molecular flexibility index (Phi) is 6.32. The van der Waals surface area contributed by atoms with Crippen molar-refractivity contribution in [3.63, 3.8) is 0 Å². The van der Waals surface area contributed by atoms with Crippen LogP contribution in [0.3, 0.4) is 0 Å². The van der Waals surface area contributed by atoms with Gasteiger partial charge >= 0.3 is 5.69 Å². The lowest BCUT2D eigenvalue weighted by Gasteiger charge is -2.39. The molecule has 2 fully saturated rings. The van der Waals surface area contributed by atoms with Gasteiger partial charge in [-0.25, -0.2) is 18.0 Å². The maximum Gasteiger partial charge on any atom is 0.328 e. The van der Waals surface area contributed by atoms with Crippen molar-refractivity contribution in [1.29, 1.82) is 0 Å². The lowest BCUT2D eigenvalue weighted by Crippen LogP contribution is -2.55. The van der Waals surface area contributed by atoms with Gasteiger partial charge in [0.2, 0.25) is 0 Å². The molecule has 2 heterocycles. The molecule has 1 aromatic rings. The van der Waals surface area contributed by atoms with Gasteiger partial charge in [-0.2, -0.15) is 0 Å². The molecule has 3 aliphatic rings. The summed E-state index contributed by atoms with van der Waals surface area (Å²) in [7, 11) is 0. The van der Waals surface area contributed by atoms with Gasteiger partial charge in [0.25, 0.3) is 12.0 Å². The van der Waals surface area contributed by atoms with Crippen LogP contribution < -0.4 is 17.0 Å². The molecule has 33 heavy (non-hydrogen) atoms. The predicted octanol–water partition coefficient (Wildman–Crippen LogP) is 2.90. The fraction of sp³-hybridized carbons (Fsp3) is 0.727. The van der Waals surface area contributed by atoms with Crippen LogP contribution in [-0.4, -0.2) is 59.4 Å². The Morgan fingerprint density at radius 2 is 1.82 bits per heavy atom. The number of rotatable bonds is 7. The lowest BCUT2D eigenvalue weighted by atomic mass is 9.76. The zero-order valence-electron chi connectivity index (χ0n) is 18.6. The molecule has 4 rings (SSSR count). The van der Waals surface area contributed by atoms with Crippen LogP contribution >= 0.6 is 0 Å². The van der Waals surface area contributed by atoms with Crippen LogP contribution in [0.15, 0.2) is 15.4 Å². The van der Waals surface area contributed by atoms with Crippen molar-refractivity contribution in [3.8, 4) is 0 Å². The molecule has 4 atom stereocenters. The molecule has 3 N–H and O–H groups in total. The zero-order chi connectivity index (χ0) is 24.2. The van der Waals surface area contributed by atoms with Gasteiger partial charge in [0.05, 0.1) is 11.6 Å². The highest BCUT2D eigenvalue weighted by Crippen LogP contribution is 2.45. The maximum atomic E-state index is 15.6. The van der Waals surface area contributed by atoms with Crippen molar-refractivity contribution in [1.82, 2.24) is 14.5 Å². The van der Waals surface area contributed by atoms with Crippen LogP contribution in [0.4, 0.5) is 22.0 Å². The number of alkyl halides is 4. The molecule has 4 unspecified atom stereocenters. The summed E-state index contributed by atoms with van der Waals surface area (Å²) in [5.74, 6) is -1.76. The normalized spacial score (nSPS) is 27.4. The summed E-state index contributed by atoms with van der Waals surface area (Å²) >= 11 is 0. The van der Waals surface area contributed by atoms with Gasteiger partial charge in [-0.3, -0.25) is 28.0 Å². The molecule has 2 aliphatic carbocycles. The average molecular weight is 476 g/mol. The molecule has 0 amide bonds. The number of aromatic amines is 1. The van der Waals surface area contributed by atoms with E-state index in [4.69, 9.17) is 5.73 Å². The third-order valence-electron chi connectivity index (χ3n) is 7.75. The first kappa shape index (κ1) is 24.1. The lowest BCUT2D eigenvalue weighted by molar-refractivity contribution is -0.0650. The number of halogens is 5. The Hall–Kier alpha value is -2.01. The second kappa shape index (κ2) is 8.65. The second-order valence-corrected chi connectivity index (χ2v) is 9.70. The highest BCUT2D eigenvalue weighted by molar-refractivity contribution is 5.71. The van der Waals surface area contributed by atoms with Crippen LogP contribution in [0.5, 0.6) is 0 Å². The van der Waals surface area contributed by atoms with E-state index >= 15 is 4.39 Å². The van der Waals surface area contributed by atoms with Crippen LogP contribution in [0.25, 0.3) is 5.57 Å². The van der Waals surface area contributed by atoms with E-state index in [1.165, 1.54) is 11.5 Å². The summed E-state index contributed by atoms with van der Waals surface area (Å²) < 4.78 is 71.3. The number of nitrogens with one attached hydrogen (secondary N) is 1. The van der Waals surface area contributed by atoms with Gasteiger partial charge in [-0.1, -0.05) is 6.92 Å². The Morgan fingerprint density at radius 3 is 2.36 bits per heavy atom. The molecule has 1 aromatic heterocycles. The molecule has 0 aromatic carbocycles. The molecule has 0 radical (unpaired) electrons. The topological polar surface area (TPSA) is 84.1 Å². The minimum atomic E-state index is -3.27. The molecule has 1 saturated carbocycles. The summed E-state index contributed by atoms with van der Waals surface area (Å²) in [6.07, 6.45) is -1.42. The third kappa shape index (κ3) is 3.67. The summed E-state index contributed by atoms with van der Waals surface area (Å²) in [6, 6.07) is -2.33. The van der Waals surface area contributed by atoms with Crippen molar-refractivity contribution in [2.24, 2.45) is 17.1 Å². The molecular weight excluding hydrogens is 447 g/mol. The predicted molar refractivity (Wildman–Crippen MR) is 114 cm³/mol. The van der Waals surface area contributed by atoms with Gasteiger partial charge in [0.1, 0.15) is 24.6 Å². The average Bonchev–Trinajstić information content (AvgIpc) is 3.49. The smallest absolute Gasteiger partial charge is 0.327 e. The summed E-state index contributed by atoms with van der Waals surface area (Å²) in [4.78, 5) is 29.1. The molecule has 0 spiro atoms. The van der Waals surface area contributed by atoms with Crippen LogP contribution in [0.2, 0.25) is 0 Å². The minimum absolute atomic E-state index is 0.0549. The SMILES string of the molecule is CC1=C(F)C(N2CCC(C(N)C(CF)(CF)C(F)F)C2)C(C)c2c1c(=O)[nH]c(=O)n2C1CC1. The van der Waals surface area contributed by atoms with Crippen molar-refractivity contribution >= 4 is 5.57 Å². The molecule has 6 nitrogen and oxygen atoms in total. The molecule has 1 saturated heterocycles. The van der Waals surface area contributed by atoms with Gasteiger partial charge in [-0.15, -0.1) is 0 Å². The minimum Gasteiger partial charge on any atom is -0.327 e. The number of likely N-dealkylation sites (tertiary alicyclic amines) is 1. The monoisotopic (exact) mass is 476 g/mol. The summed E-state index contributed by atoms with van der Waals surface area (Å²) in [5, 5.41) is 0. The number of hydrogen-bond acceptors (Lipinski definition) is 4. The molecule has 11 heteroatoms. The van der Waals surface area contributed by atoms with E-state index in [2.05, 4.69) is 4.98 Å². The molecule has 184 valence electrons. The maximum absolute atomic E-state index is 15.6. The number of nitrogens with two attached hydrogens (primary N) is 1. The Morgan fingerprint density at radius 1 is 1.18 bits per heavy atom. The number of fused-ring (bicyclic) bond motifs is 1. The fourth-order valence-corrected chi connectivity index (χ4v) is 5.56. The quantitative estimate of drug-likeness (QED) is 0.593. The first-order valence-electron chi connectivity index (χ1n) is 11.2. The van der Waals surface area contributed by atoms with Gasteiger partial charge in [0, 0.05) is 30.2 Å². The van der Waals surface area contributed by atoms with Crippen LogP contribution in [0, 0.1) is 11.3 Å². The van der Waals surface area contributed by atoms with E-state index in [-0.39, 0.29) is 36.7 Å². The molecule has 0 bridgehead atoms. The Bertz CT molecular complexity index is 1060. The van der Waals surface area contributed by atoms with Crippen molar-refractivity contribution < 1.29 is 22.0 Å². The zero-order valence-corrected chi connectivity index (χ0v) is 18.6. The summed E-state index contributed by atoms with van der Waals surface area (Å²) in [6.45, 7) is 0.409. The number of H-pyrrole nitrogens is 1. The van der Waals surface area contributed by atoms with Crippen LogP contribution in [0.1, 0.15) is 56.3 Å². The standard InChI is InChI=1S/C22H29F5N4O2/c1-10-14-16(31(13-3-4-13)21(33)29-19(14)32)11(2)17(15(10)25)30-6-5-12(7-30)18(28)22(8-23,9-24)20(26)27/h11-13,17-18,20H,3-9,28H2,1-2H3,(H,29,32,33). The van der Waals surface area contributed by atoms with E-state index in [0.717, 1.165) is 12.8 Å². The highest BCUT2D eigenvalue weighted by atomic mass is 19.3.